The van der Waals surface area contributed by atoms with Crippen molar-refractivity contribution in [3.63, 3.8) is 0 Å². The van der Waals surface area contributed by atoms with Gasteiger partial charge in [0.2, 0.25) is 0 Å². The molecule has 0 atom stereocenters. The summed E-state index contributed by atoms with van der Waals surface area (Å²) < 4.78 is 13.8. The normalized spacial score (nSPS) is 19.6. The van der Waals surface area contributed by atoms with Gasteiger partial charge in [0.05, 0.1) is 5.69 Å². The first kappa shape index (κ1) is 13.4. The Hall–Kier alpha value is -1.60. The van der Waals surface area contributed by atoms with Crippen molar-refractivity contribution in [2.24, 2.45) is 5.92 Å². The number of hydrogen-bond donors (Lipinski definition) is 1. The van der Waals surface area contributed by atoms with E-state index in [0.29, 0.717) is 12.0 Å². The van der Waals surface area contributed by atoms with Crippen molar-refractivity contribution in [3.8, 4) is 6.07 Å². The molecule has 1 heterocycles. The Labute approximate surface area is 119 Å². The van der Waals surface area contributed by atoms with E-state index >= 15 is 0 Å². The van der Waals surface area contributed by atoms with Crippen molar-refractivity contribution < 1.29 is 4.39 Å². The molecule has 1 aliphatic heterocycles. The van der Waals surface area contributed by atoms with E-state index in [9.17, 15) is 9.65 Å². The van der Waals surface area contributed by atoms with Gasteiger partial charge in [0, 0.05) is 12.6 Å². The van der Waals surface area contributed by atoms with Gasteiger partial charge >= 0.3 is 0 Å². The van der Waals surface area contributed by atoms with Crippen LogP contribution in [0.1, 0.15) is 31.2 Å². The Morgan fingerprint density at radius 3 is 2.65 bits per heavy atom. The molecule has 3 nitrogen and oxygen atoms in total. The third-order valence-electron chi connectivity index (χ3n) is 4.31. The van der Waals surface area contributed by atoms with Gasteiger partial charge in [-0.05, 0) is 56.8 Å². The highest BCUT2D eigenvalue weighted by Crippen LogP contribution is 2.35. The first-order chi connectivity index (χ1) is 9.79. The predicted molar refractivity (Wildman–Crippen MR) is 77.1 cm³/mol. The highest BCUT2D eigenvalue weighted by Gasteiger charge is 2.32. The molecule has 1 aliphatic carbocycles. The predicted octanol–water partition coefficient (Wildman–Crippen LogP) is 2.67. The monoisotopic (exact) mass is 273 g/mol. The summed E-state index contributed by atoms with van der Waals surface area (Å²) in [5.41, 5.74) is 0.988. The average Bonchev–Trinajstić information content (AvgIpc) is 3.30. The molecule has 0 unspecified atom stereocenters. The van der Waals surface area contributed by atoms with Crippen LogP contribution in [0.5, 0.6) is 0 Å². The summed E-state index contributed by atoms with van der Waals surface area (Å²) in [6.45, 7) is 3.08. The Morgan fingerprint density at radius 1 is 1.25 bits per heavy atom. The van der Waals surface area contributed by atoms with Crippen LogP contribution in [0.2, 0.25) is 0 Å². The number of rotatable bonds is 4. The van der Waals surface area contributed by atoms with Gasteiger partial charge < -0.3 is 10.2 Å². The molecule has 0 spiro atoms. The van der Waals surface area contributed by atoms with Crippen LogP contribution in [0.3, 0.4) is 0 Å². The molecule has 0 radical (unpaired) electrons. The number of halogens is 1. The van der Waals surface area contributed by atoms with Gasteiger partial charge in [-0.25, -0.2) is 4.39 Å². The van der Waals surface area contributed by atoms with Gasteiger partial charge in [-0.2, -0.15) is 5.26 Å². The second kappa shape index (κ2) is 5.80. The standard InChI is InChI=1S/C16H20FN3/c17-15-2-1-3-16(14(15)10-18)20(13-4-5-13)11-12-6-8-19-9-7-12/h1-3,12-13,19H,4-9,11H2. The van der Waals surface area contributed by atoms with Crippen molar-refractivity contribution in [2.75, 3.05) is 24.5 Å². The van der Waals surface area contributed by atoms with Gasteiger partial charge in [0.1, 0.15) is 17.4 Å². The van der Waals surface area contributed by atoms with Crippen LogP contribution < -0.4 is 10.2 Å². The molecular formula is C16H20FN3. The van der Waals surface area contributed by atoms with E-state index in [1.54, 1.807) is 6.07 Å². The smallest absolute Gasteiger partial charge is 0.143 e. The van der Waals surface area contributed by atoms with Crippen molar-refractivity contribution in [3.05, 3.63) is 29.6 Å². The largest absolute Gasteiger partial charge is 0.367 e. The second-order valence-corrected chi connectivity index (χ2v) is 5.82. The van der Waals surface area contributed by atoms with E-state index < -0.39 is 5.82 Å². The molecule has 1 aromatic rings. The minimum absolute atomic E-state index is 0.202. The van der Waals surface area contributed by atoms with Crippen LogP contribution in [0.25, 0.3) is 0 Å². The molecule has 2 aliphatic rings. The van der Waals surface area contributed by atoms with E-state index in [2.05, 4.69) is 10.2 Å². The summed E-state index contributed by atoms with van der Waals surface area (Å²) in [6, 6.07) is 7.51. The maximum absolute atomic E-state index is 13.8. The van der Waals surface area contributed by atoms with Crippen molar-refractivity contribution in [1.29, 1.82) is 5.26 Å². The minimum atomic E-state index is -0.402. The number of nitrogens with one attached hydrogen (secondary N) is 1. The Balaban J connectivity index is 1.83. The summed E-state index contributed by atoms with van der Waals surface area (Å²) in [7, 11) is 0. The lowest BCUT2D eigenvalue weighted by Crippen LogP contribution is -2.37. The third kappa shape index (κ3) is 2.78. The fourth-order valence-electron chi connectivity index (χ4n) is 3.04. The number of hydrogen-bond acceptors (Lipinski definition) is 3. The van der Waals surface area contributed by atoms with Gasteiger partial charge in [0.15, 0.2) is 0 Å². The van der Waals surface area contributed by atoms with Crippen LogP contribution in [0, 0.1) is 23.1 Å². The fraction of sp³-hybridized carbons (Fsp3) is 0.562. The van der Waals surface area contributed by atoms with Crippen LogP contribution in [-0.2, 0) is 0 Å². The molecule has 1 saturated carbocycles. The van der Waals surface area contributed by atoms with Gasteiger partial charge in [-0.15, -0.1) is 0 Å². The van der Waals surface area contributed by atoms with E-state index in [1.165, 1.54) is 18.9 Å². The number of benzene rings is 1. The summed E-state index contributed by atoms with van der Waals surface area (Å²) in [6.07, 6.45) is 4.65. The van der Waals surface area contributed by atoms with Crippen molar-refractivity contribution >= 4 is 5.69 Å². The van der Waals surface area contributed by atoms with E-state index in [0.717, 1.165) is 38.2 Å². The highest BCUT2D eigenvalue weighted by atomic mass is 19.1. The quantitative estimate of drug-likeness (QED) is 0.916. The number of piperidine rings is 1. The average molecular weight is 273 g/mol. The van der Waals surface area contributed by atoms with Crippen LogP contribution in [0.4, 0.5) is 10.1 Å². The van der Waals surface area contributed by atoms with Crippen molar-refractivity contribution in [2.45, 2.75) is 31.7 Å². The molecule has 1 N–H and O–H groups in total. The first-order valence-corrected chi connectivity index (χ1v) is 7.45. The first-order valence-electron chi connectivity index (χ1n) is 7.45. The van der Waals surface area contributed by atoms with Gasteiger partial charge in [0.25, 0.3) is 0 Å². The molecule has 20 heavy (non-hydrogen) atoms. The van der Waals surface area contributed by atoms with E-state index in [1.807, 2.05) is 12.1 Å². The minimum Gasteiger partial charge on any atom is -0.367 e. The van der Waals surface area contributed by atoms with Crippen molar-refractivity contribution in [1.82, 2.24) is 5.32 Å². The highest BCUT2D eigenvalue weighted by molar-refractivity contribution is 5.61. The SMILES string of the molecule is N#Cc1c(F)cccc1N(CC1CCNCC1)C1CC1. The zero-order valence-electron chi connectivity index (χ0n) is 11.6. The summed E-state index contributed by atoms with van der Waals surface area (Å²) in [4.78, 5) is 2.28. The van der Waals surface area contributed by atoms with Gasteiger partial charge in [-0.1, -0.05) is 6.07 Å². The molecule has 1 aromatic carbocycles. The lowest BCUT2D eigenvalue weighted by Gasteiger charge is -2.32. The van der Waals surface area contributed by atoms with Gasteiger partial charge in [-0.3, -0.25) is 0 Å². The Morgan fingerprint density at radius 2 is 2.00 bits per heavy atom. The Bertz CT molecular complexity index is 513. The summed E-state index contributed by atoms with van der Waals surface area (Å²) in [5, 5.41) is 12.6. The zero-order chi connectivity index (χ0) is 13.9. The lowest BCUT2D eigenvalue weighted by atomic mass is 9.97. The topological polar surface area (TPSA) is 39.1 Å². The number of nitrogens with zero attached hydrogens (tertiary/aromatic N) is 2. The lowest BCUT2D eigenvalue weighted by molar-refractivity contribution is 0.372. The molecule has 4 heteroatoms. The second-order valence-electron chi connectivity index (χ2n) is 5.82. The zero-order valence-corrected chi connectivity index (χ0v) is 11.6. The van der Waals surface area contributed by atoms with Crippen LogP contribution in [-0.4, -0.2) is 25.7 Å². The van der Waals surface area contributed by atoms with Crippen LogP contribution in [0.15, 0.2) is 18.2 Å². The van der Waals surface area contributed by atoms with Crippen LogP contribution >= 0.6 is 0 Å². The molecule has 2 fully saturated rings. The van der Waals surface area contributed by atoms with E-state index in [4.69, 9.17) is 0 Å². The summed E-state index contributed by atoms with van der Waals surface area (Å²) in [5.74, 6) is 0.243. The summed E-state index contributed by atoms with van der Waals surface area (Å²) >= 11 is 0. The number of anilines is 1. The Kier molecular flexibility index (Phi) is 3.88. The molecule has 0 amide bonds. The molecular weight excluding hydrogens is 253 g/mol. The maximum Gasteiger partial charge on any atom is 0.143 e. The molecule has 0 bridgehead atoms. The third-order valence-corrected chi connectivity index (χ3v) is 4.31. The van der Waals surface area contributed by atoms with E-state index in [-0.39, 0.29) is 5.56 Å². The molecule has 106 valence electrons. The fourth-order valence-corrected chi connectivity index (χ4v) is 3.04. The molecule has 3 rings (SSSR count). The molecule has 1 saturated heterocycles. The maximum atomic E-state index is 13.8. The molecule has 0 aromatic heterocycles. The number of nitriles is 1.